The summed E-state index contributed by atoms with van der Waals surface area (Å²) < 4.78 is 10.8. The second-order valence-electron chi connectivity index (χ2n) is 6.20. The molecule has 1 unspecified atom stereocenters. The largest absolute Gasteiger partial charge is 0.493 e. The van der Waals surface area contributed by atoms with Gasteiger partial charge in [0.1, 0.15) is 6.17 Å². The minimum Gasteiger partial charge on any atom is -0.493 e. The van der Waals surface area contributed by atoms with E-state index in [1.54, 1.807) is 18.2 Å². The molecule has 2 aliphatic rings. The monoisotopic (exact) mass is 338 g/mol. The zero-order chi connectivity index (χ0) is 17.4. The summed E-state index contributed by atoms with van der Waals surface area (Å²) in [5.74, 6) is 0.513. The van der Waals surface area contributed by atoms with Crippen molar-refractivity contribution in [3.63, 3.8) is 0 Å². The average molecular weight is 338 g/mol. The quantitative estimate of drug-likeness (QED) is 0.662. The molecule has 0 spiro atoms. The first-order valence-electron chi connectivity index (χ1n) is 8.22. The third-order valence-corrected chi connectivity index (χ3v) is 4.39. The summed E-state index contributed by atoms with van der Waals surface area (Å²) in [5.41, 5.74) is 2.20. The second kappa shape index (κ2) is 6.12. The number of carbonyl (C=O) groups is 2. The van der Waals surface area contributed by atoms with Crippen LogP contribution in [0.5, 0.6) is 11.5 Å². The van der Waals surface area contributed by atoms with Crippen molar-refractivity contribution in [1.29, 1.82) is 0 Å². The second-order valence-corrected chi connectivity index (χ2v) is 6.20. The van der Waals surface area contributed by atoms with Crippen molar-refractivity contribution < 1.29 is 19.1 Å². The molecule has 1 amide bonds. The maximum absolute atomic E-state index is 12.3. The van der Waals surface area contributed by atoms with Gasteiger partial charge in [0.15, 0.2) is 11.5 Å². The molecule has 0 bridgehead atoms. The molecule has 1 fully saturated rings. The van der Waals surface area contributed by atoms with Gasteiger partial charge in [0.05, 0.1) is 18.6 Å². The number of hydrogen-bond donors (Lipinski definition) is 2. The van der Waals surface area contributed by atoms with Crippen LogP contribution in [0.2, 0.25) is 0 Å². The number of para-hydroxylation sites is 1. The van der Waals surface area contributed by atoms with Crippen LogP contribution in [-0.2, 0) is 4.79 Å². The number of nitrogens with one attached hydrogen (secondary N) is 2. The third-order valence-electron chi connectivity index (χ3n) is 4.39. The maximum atomic E-state index is 12.3. The summed E-state index contributed by atoms with van der Waals surface area (Å²) in [6, 6.07) is 12.6. The molecule has 128 valence electrons. The lowest BCUT2D eigenvalue weighted by molar-refractivity contribution is -0.135. The highest BCUT2D eigenvalue weighted by Crippen LogP contribution is 2.36. The fourth-order valence-electron chi connectivity index (χ4n) is 2.83. The molecule has 1 heterocycles. The van der Waals surface area contributed by atoms with Crippen LogP contribution in [0.25, 0.3) is 0 Å². The Balaban J connectivity index is 1.58. The SMILES string of the molecule is COc1cc(C2NC(=O)c3ccccc3N2)ccc1OC(=O)C1CC1. The molecular weight excluding hydrogens is 320 g/mol. The standard InChI is InChI=1S/C19H18N2O4/c1-24-16-10-12(8-9-15(16)25-19(23)11-6-7-11)17-20-14-5-3-2-4-13(14)18(22)21-17/h2-5,8-11,17,20H,6-7H2,1H3,(H,21,22). The van der Waals surface area contributed by atoms with Gasteiger partial charge in [0.25, 0.3) is 5.91 Å². The predicted octanol–water partition coefficient (Wildman–Crippen LogP) is 2.86. The zero-order valence-corrected chi connectivity index (χ0v) is 13.7. The fraction of sp³-hybridized carbons (Fsp3) is 0.263. The van der Waals surface area contributed by atoms with Crippen molar-refractivity contribution in [3.05, 3.63) is 53.6 Å². The van der Waals surface area contributed by atoms with Gasteiger partial charge < -0.3 is 20.1 Å². The van der Waals surface area contributed by atoms with Crippen LogP contribution >= 0.6 is 0 Å². The van der Waals surface area contributed by atoms with E-state index in [2.05, 4.69) is 10.6 Å². The molecule has 1 aliphatic heterocycles. The Bertz CT molecular complexity index is 845. The Kier molecular flexibility index (Phi) is 3.80. The maximum Gasteiger partial charge on any atom is 0.314 e. The number of carbonyl (C=O) groups excluding carboxylic acids is 2. The number of ether oxygens (including phenoxy) is 2. The van der Waals surface area contributed by atoms with E-state index in [0.717, 1.165) is 24.1 Å². The Morgan fingerprint density at radius 3 is 2.64 bits per heavy atom. The summed E-state index contributed by atoms with van der Waals surface area (Å²) in [7, 11) is 1.52. The first kappa shape index (κ1) is 15.5. The fourth-order valence-corrected chi connectivity index (χ4v) is 2.83. The molecule has 6 heteroatoms. The van der Waals surface area contributed by atoms with E-state index in [1.165, 1.54) is 7.11 Å². The molecule has 2 aromatic carbocycles. The van der Waals surface area contributed by atoms with Crippen molar-refractivity contribution in [2.24, 2.45) is 5.92 Å². The first-order chi connectivity index (χ1) is 12.2. The lowest BCUT2D eigenvalue weighted by Gasteiger charge is -2.28. The van der Waals surface area contributed by atoms with E-state index in [-0.39, 0.29) is 24.0 Å². The van der Waals surface area contributed by atoms with Crippen molar-refractivity contribution in [1.82, 2.24) is 5.32 Å². The number of hydrogen-bond acceptors (Lipinski definition) is 5. The van der Waals surface area contributed by atoms with Gasteiger partial charge in [-0.05, 0) is 42.7 Å². The summed E-state index contributed by atoms with van der Waals surface area (Å²) in [6.45, 7) is 0. The minimum atomic E-state index is -0.385. The van der Waals surface area contributed by atoms with Gasteiger partial charge in [-0.1, -0.05) is 18.2 Å². The number of anilines is 1. The van der Waals surface area contributed by atoms with Crippen LogP contribution in [0, 0.1) is 5.92 Å². The van der Waals surface area contributed by atoms with Gasteiger partial charge >= 0.3 is 5.97 Å². The van der Waals surface area contributed by atoms with Crippen LogP contribution in [0.15, 0.2) is 42.5 Å². The highest BCUT2D eigenvalue weighted by atomic mass is 16.6. The van der Waals surface area contributed by atoms with Gasteiger partial charge in [-0.15, -0.1) is 0 Å². The Morgan fingerprint density at radius 1 is 1.08 bits per heavy atom. The van der Waals surface area contributed by atoms with Crippen LogP contribution in [0.4, 0.5) is 5.69 Å². The molecule has 1 atom stereocenters. The van der Waals surface area contributed by atoms with E-state index in [9.17, 15) is 9.59 Å². The van der Waals surface area contributed by atoms with Gasteiger partial charge in [-0.25, -0.2) is 0 Å². The molecule has 1 saturated carbocycles. The number of fused-ring (bicyclic) bond motifs is 1. The predicted molar refractivity (Wildman–Crippen MR) is 91.6 cm³/mol. The Morgan fingerprint density at radius 2 is 1.88 bits per heavy atom. The van der Waals surface area contributed by atoms with E-state index in [0.29, 0.717) is 17.1 Å². The van der Waals surface area contributed by atoms with Gasteiger partial charge in [-0.3, -0.25) is 9.59 Å². The first-order valence-corrected chi connectivity index (χ1v) is 8.22. The Hall–Kier alpha value is -3.02. The van der Waals surface area contributed by atoms with Crippen LogP contribution in [0.3, 0.4) is 0 Å². The van der Waals surface area contributed by atoms with Gasteiger partial charge in [0, 0.05) is 5.69 Å². The molecule has 6 nitrogen and oxygen atoms in total. The molecular formula is C19H18N2O4. The summed E-state index contributed by atoms with van der Waals surface area (Å²) in [4.78, 5) is 24.1. The number of benzene rings is 2. The van der Waals surface area contributed by atoms with Crippen molar-refractivity contribution in [3.8, 4) is 11.5 Å². The van der Waals surface area contributed by atoms with E-state index in [4.69, 9.17) is 9.47 Å². The summed E-state index contributed by atoms with van der Waals surface area (Å²) in [6.07, 6.45) is 1.39. The lowest BCUT2D eigenvalue weighted by atomic mass is 10.1. The molecule has 0 radical (unpaired) electrons. The summed E-state index contributed by atoms with van der Waals surface area (Å²) in [5, 5.41) is 6.20. The topological polar surface area (TPSA) is 76.7 Å². The summed E-state index contributed by atoms with van der Waals surface area (Å²) >= 11 is 0. The van der Waals surface area contributed by atoms with E-state index < -0.39 is 0 Å². The highest BCUT2D eigenvalue weighted by Gasteiger charge is 2.32. The third kappa shape index (κ3) is 3.03. The molecule has 2 aromatic rings. The molecule has 0 saturated heterocycles. The molecule has 25 heavy (non-hydrogen) atoms. The number of rotatable bonds is 4. The minimum absolute atomic E-state index is 0.0141. The molecule has 1 aliphatic carbocycles. The van der Waals surface area contributed by atoms with Gasteiger partial charge in [-0.2, -0.15) is 0 Å². The average Bonchev–Trinajstić information content (AvgIpc) is 3.47. The highest BCUT2D eigenvalue weighted by molar-refractivity contribution is 6.01. The smallest absolute Gasteiger partial charge is 0.314 e. The zero-order valence-electron chi connectivity index (χ0n) is 13.7. The molecule has 2 N–H and O–H groups in total. The lowest BCUT2D eigenvalue weighted by Crippen LogP contribution is -2.38. The van der Waals surface area contributed by atoms with Crippen molar-refractivity contribution in [2.75, 3.05) is 12.4 Å². The number of esters is 1. The number of methoxy groups -OCH3 is 1. The molecule has 0 aromatic heterocycles. The Labute approximate surface area is 145 Å². The molecule has 4 rings (SSSR count). The van der Waals surface area contributed by atoms with Crippen LogP contribution < -0.4 is 20.1 Å². The van der Waals surface area contributed by atoms with Gasteiger partial charge in [0.2, 0.25) is 0 Å². The van der Waals surface area contributed by atoms with Crippen LogP contribution in [-0.4, -0.2) is 19.0 Å². The van der Waals surface area contributed by atoms with E-state index >= 15 is 0 Å². The normalized spacial score (nSPS) is 18.6. The van der Waals surface area contributed by atoms with Crippen molar-refractivity contribution >= 4 is 17.6 Å². The van der Waals surface area contributed by atoms with Crippen LogP contribution in [0.1, 0.15) is 34.9 Å². The number of amides is 1. The van der Waals surface area contributed by atoms with Crippen molar-refractivity contribution in [2.45, 2.75) is 19.0 Å². The van der Waals surface area contributed by atoms with E-state index in [1.807, 2.05) is 24.3 Å².